The van der Waals surface area contributed by atoms with Crippen LogP contribution >= 0.6 is 0 Å². The van der Waals surface area contributed by atoms with Gasteiger partial charge in [-0.25, -0.2) is 14.8 Å². The van der Waals surface area contributed by atoms with Crippen LogP contribution in [0.3, 0.4) is 0 Å². The van der Waals surface area contributed by atoms with Crippen LogP contribution in [-0.4, -0.2) is 29.2 Å². The number of nitrogens with zero attached hydrogens (tertiary/aromatic N) is 2. The molecule has 6 heteroatoms. The molecule has 0 aliphatic heterocycles. The van der Waals surface area contributed by atoms with Crippen LogP contribution in [0.5, 0.6) is 5.75 Å². The highest BCUT2D eigenvalue weighted by Gasteiger charge is 2.15. The van der Waals surface area contributed by atoms with Gasteiger partial charge in [-0.1, -0.05) is 19.3 Å². The van der Waals surface area contributed by atoms with E-state index in [-0.39, 0.29) is 6.03 Å². The SMILES string of the molecule is COc1ccc(-c2cc(CNC(=O)NC3CCCCC3)ncn2)cc1. The third-order valence-electron chi connectivity index (χ3n) is 4.48. The lowest BCUT2D eigenvalue weighted by Gasteiger charge is -2.22. The zero-order valence-corrected chi connectivity index (χ0v) is 14.5. The molecule has 132 valence electrons. The number of hydrogen-bond donors (Lipinski definition) is 2. The molecule has 6 nitrogen and oxygen atoms in total. The van der Waals surface area contributed by atoms with Crippen LogP contribution in [0.4, 0.5) is 4.79 Å². The molecule has 1 aromatic carbocycles. The van der Waals surface area contributed by atoms with Crippen molar-refractivity contribution in [3.05, 3.63) is 42.4 Å². The lowest BCUT2D eigenvalue weighted by atomic mass is 9.96. The van der Waals surface area contributed by atoms with Crippen molar-refractivity contribution in [3.63, 3.8) is 0 Å². The Morgan fingerprint density at radius 3 is 2.64 bits per heavy atom. The number of amides is 2. The van der Waals surface area contributed by atoms with Gasteiger partial charge in [-0.2, -0.15) is 0 Å². The maximum Gasteiger partial charge on any atom is 0.315 e. The molecule has 1 saturated carbocycles. The van der Waals surface area contributed by atoms with Gasteiger partial charge in [-0.05, 0) is 43.2 Å². The fourth-order valence-corrected chi connectivity index (χ4v) is 3.07. The first-order chi connectivity index (χ1) is 12.2. The smallest absolute Gasteiger partial charge is 0.315 e. The molecule has 1 fully saturated rings. The summed E-state index contributed by atoms with van der Waals surface area (Å²) >= 11 is 0. The van der Waals surface area contributed by atoms with Crippen LogP contribution in [0.15, 0.2) is 36.7 Å². The van der Waals surface area contributed by atoms with E-state index in [0.29, 0.717) is 12.6 Å². The lowest BCUT2D eigenvalue weighted by Crippen LogP contribution is -2.42. The lowest BCUT2D eigenvalue weighted by molar-refractivity contribution is 0.232. The van der Waals surface area contributed by atoms with Gasteiger partial charge in [0.05, 0.1) is 25.0 Å². The van der Waals surface area contributed by atoms with Crippen LogP contribution in [0.1, 0.15) is 37.8 Å². The second-order valence-electron chi connectivity index (χ2n) is 6.29. The Balaban J connectivity index is 1.56. The average Bonchev–Trinajstić information content (AvgIpc) is 2.67. The molecule has 0 bridgehead atoms. The van der Waals surface area contributed by atoms with E-state index < -0.39 is 0 Å². The van der Waals surface area contributed by atoms with Crippen LogP contribution in [0.25, 0.3) is 11.3 Å². The molecular weight excluding hydrogens is 316 g/mol. The minimum atomic E-state index is -0.128. The number of carbonyl (C=O) groups is 1. The van der Waals surface area contributed by atoms with Gasteiger partial charge in [0.25, 0.3) is 0 Å². The number of methoxy groups -OCH3 is 1. The van der Waals surface area contributed by atoms with Crippen molar-refractivity contribution >= 4 is 6.03 Å². The Kier molecular flexibility index (Phi) is 5.82. The van der Waals surface area contributed by atoms with Crippen molar-refractivity contribution in [2.75, 3.05) is 7.11 Å². The third-order valence-corrected chi connectivity index (χ3v) is 4.48. The molecule has 0 spiro atoms. The summed E-state index contributed by atoms with van der Waals surface area (Å²) in [5, 5.41) is 5.92. The summed E-state index contributed by atoms with van der Waals surface area (Å²) in [6.07, 6.45) is 7.33. The zero-order valence-electron chi connectivity index (χ0n) is 14.5. The molecule has 1 aliphatic carbocycles. The molecule has 1 heterocycles. The molecule has 0 radical (unpaired) electrons. The molecule has 3 rings (SSSR count). The predicted octanol–water partition coefficient (Wildman–Crippen LogP) is 3.28. The van der Waals surface area contributed by atoms with E-state index in [0.717, 1.165) is 35.5 Å². The second kappa shape index (κ2) is 8.46. The minimum Gasteiger partial charge on any atom is -0.497 e. The molecule has 25 heavy (non-hydrogen) atoms. The molecule has 0 saturated heterocycles. The standard InChI is InChI=1S/C19H24N4O2/c1-25-17-9-7-14(8-10-17)18-11-16(21-13-22-18)12-20-19(24)23-15-5-3-2-4-6-15/h7-11,13,15H,2-6,12H2,1H3,(H2,20,23,24). The number of hydrogen-bond acceptors (Lipinski definition) is 4. The van der Waals surface area contributed by atoms with Crippen molar-refractivity contribution in [3.8, 4) is 17.0 Å². The van der Waals surface area contributed by atoms with E-state index in [1.807, 2.05) is 30.3 Å². The van der Waals surface area contributed by atoms with E-state index in [1.165, 1.54) is 25.6 Å². The Morgan fingerprint density at radius 1 is 1.16 bits per heavy atom. The van der Waals surface area contributed by atoms with Crippen molar-refractivity contribution in [1.82, 2.24) is 20.6 Å². The van der Waals surface area contributed by atoms with Crippen LogP contribution < -0.4 is 15.4 Å². The molecule has 0 unspecified atom stereocenters. The number of urea groups is 1. The molecule has 1 aliphatic rings. The highest BCUT2D eigenvalue weighted by atomic mass is 16.5. The summed E-state index contributed by atoms with van der Waals surface area (Å²) < 4.78 is 5.17. The molecule has 2 aromatic rings. The van der Waals surface area contributed by atoms with Gasteiger partial charge < -0.3 is 15.4 Å². The van der Waals surface area contributed by atoms with Crippen molar-refractivity contribution < 1.29 is 9.53 Å². The number of ether oxygens (including phenoxy) is 1. The fraction of sp³-hybridized carbons (Fsp3) is 0.421. The monoisotopic (exact) mass is 340 g/mol. The first-order valence-corrected chi connectivity index (χ1v) is 8.74. The molecular formula is C19H24N4O2. The largest absolute Gasteiger partial charge is 0.497 e. The van der Waals surface area contributed by atoms with E-state index in [4.69, 9.17) is 4.74 Å². The highest BCUT2D eigenvalue weighted by Crippen LogP contribution is 2.20. The molecule has 2 N–H and O–H groups in total. The molecule has 0 atom stereocenters. The average molecular weight is 340 g/mol. The number of rotatable bonds is 5. The maximum atomic E-state index is 12.0. The quantitative estimate of drug-likeness (QED) is 0.876. The first kappa shape index (κ1) is 17.2. The summed E-state index contributed by atoms with van der Waals surface area (Å²) in [4.78, 5) is 20.6. The summed E-state index contributed by atoms with van der Waals surface area (Å²) in [7, 11) is 1.64. The van der Waals surface area contributed by atoms with E-state index in [1.54, 1.807) is 7.11 Å². The van der Waals surface area contributed by atoms with Gasteiger partial charge in [-0.15, -0.1) is 0 Å². The Bertz CT molecular complexity index is 697. The van der Waals surface area contributed by atoms with Gasteiger partial charge in [-0.3, -0.25) is 0 Å². The predicted molar refractivity (Wildman–Crippen MR) is 96.3 cm³/mol. The highest BCUT2D eigenvalue weighted by molar-refractivity contribution is 5.74. The van der Waals surface area contributed by atoms with Crippen LogP contribution in [-0.2, 0) is 6.54 Å². The second-order valence-corrected chi connectivity index (χ2v) is 6.29. The summed E-state index contributed by atoms with van der Waals surface area (Å²) in [6, 6.07) is 9.76. The van der Waals surface area contributed by atoms with Gasteiger partial charge in [0.1, 0.15) is 12.1 Å². The number of nitrogens with one attached hydrogen (secondary N) is 2. The van der Waals surface area contributed by atoms with Gasteiger partial charge in [0, 0.05) is 11.6 Å². The zero-order chi connectivity index (χ0) is 17.5. The number of carbonyl (C=O) groups excluding carboxylic acids is 1. The summed E-state index contributed by atoms with van der Waals surface area (Å²) in [6.45, 7) is 0.379. The van der Waals surface area contributed by atoms with Crippen molar-refractivity contribution in [2.45, 2.75) is 44.7 Å². The van der Waals surface area contributed by atoms with Gasteiger partial charge in [0.15, 0.2) is 0 Å². The van der Waals surface area contributed by atoms with Crippen molar-refractivity contribution in [1.29, 1.82) is 0 Å². The fourth-order valence-electron chi connectivity index (χ4n) is 3.07. The summed E-state index contributed by atoms with van der Waals surface area (Å²) in [5.74, 6) is 0.805. The Labute approximate surface area is 148 Å². The minimum absolute atomic E-state index is 0.128. The van der Waals surface area contributed by atoms with E-state index in [9.17, 15) is 4.79 Å². The van der Waals surface area contributed by atoms with Crippen molar-refractivity contribution in [2.24, 2.45) is 0 Å². The maximum absolute atomic E-state index is 12.0. The van der Waals surface area contributed by atoms with Crippen LogP contribution in [0, 0.1) is 0 Å². The normalized spacial score (nSPS) is 14.8. The Hall–Kier alpha value is -2.63. The molecule has 1 aromatic heterocycles. The van der Waals surface area contributed by atoms with E-state index in [2.05, 4.69) is 20.6 Å². The summed E-state index contributed by atoms with van der Waals surface area (Å²) in [5.41, 5.74) is 2.58. The van der Waals surface area contributed by atoms with Gasteiger partial charge in [0.2, 0.25) is 0 Å². The number of benzene rings is 1. The number of aromatic nitrogens is 2. The molecule has 2 amide bonds. The topological polar surface area (TPSA) is 76.1 Å². The van der Waals surface area contributed by atoms with Gasteiger partial charge >= 0.3 is 6.03 Å². The third kappa shape index (κ3) is 4.92. The van der Waals surface area contributed by atoms with E-state index >= 15 is 0 Å². The van der Waals surface area contributed by atoms with Crippen LogP contribution in [0.2, 0.25) is 0 Å². The first-order valence-electron chi connectivity index (χ1n) is 8.74. The Morgan fingerprint density at radius 2 is 1.92 bits per heavy atom.